The molecule has 6 nitrogen and oxygen atoms in total. The van der Waals surface area contributed by atoms with Crippen LogP contribution in [-0.2, 0) is 4.74 Å². The molecule has 7 heteroatoms. The van der Waals surface area contributed by atoms with Gasteiger partial charge >= 0.3 is 11.9 Å². The van der Waals surface area contributed by atoms with Gasteiger partial charge in [0.05, 0.1) is 28.6 Å². The van der Waals surface area contributed by atoms with Crippen LogP contribution in [0.3, 0.4) is 0 Å². The molecule has 2 aromatic rings. The summed E-state index contributed by atoms with van der Waals surface area (Å²) in [7, 11) is 1.25. The minimum atomic E-state index is -1.19. The second-order valence-corrected chi connectivity index (χ2v) is 3.66. The molecule has 0 aliphatic rings. The van der Waals surface area contributed by atoms with E-state index in [-0.39, 0.29) is 21.7 Å². The highest BCUT2D eigenvalue weighted by Crippen LogP contribution is 2.27. The van der Waals surface area contributed by atoms with E-state index in [1.54, 1.807) is 0 Å². The van der Waals surface area contributed by atoms with Gasteiger partial charge in [-0.3, -0.25) is 5.10 Å². The Hall–Kier alpha value is -2.08. The van der Waals surface area contributed by atoms with Crippen molar-refractivity contribution in [1.29, 1.82) is 0 Å². The minimum absolute atomic E-state index is 0.133. The van der Waals surface area contributed by atoms with Crippen LogP contribution < -0.4 is 0 Å². The first-order chi connectivity index (χ1) is 8.04. The third-order valence-electron chi connectivity index (χ3n) is 2.24. The molecule has 0 fully saturated rings. The van der Waals surface area contributed by atoms with E-state index in [4.69, 9.17) is 16.7 Å². The molecule has 1 aromatic carbocycles. The van der Waals surface area contributed by atoms with Crippen LogP contribution >= 0.6 is 11.6 Å². The van der Waals surface area contributed by atoms with Gasteiger partial charge in [0.15, 0.2) is 5.69 Å². The van der Waals surface area contributed by atoms with E-state index in [0.717, 1.165) is 0 Å². The number of carboxylic acid groups (broad SMARTS) is 1. The number of hydrogen-bond donors (Lipinski definition) is 2. The third kappa shape index (κ3) is 1.83. The van der Waals surface area contributed by atoms with Gasteiger partial charge in [0.25, 0.3) is 0 Å². The predicted molar refractivity (Wildman–Crippen MR) is 59.4 cm³/mol. The SMILES string of the molecule is COC(=O)c1cc(Cl)c2c(C(=O)O)n[nH]c2c1. The number of hydrogen-bond acceptors (Lipinski definition) is 4. The van der Waals surface area contributed by atoms with Crippen LogP contribution in [0.4, 0.5) is 0 Å². The molecule has 1 heterocycles. The summed E-state index contributed by atoms with van der Waals surface area (Å²) in [5.41, 5.74) is 0.419. The van der Waals surface area contributed by atoms with Crippen molar-refractivity contribution in [2.75, 3.05) is 7.11 Å². The summed E-state index contributed by atoms with van der Waals surface area (Å²) < 4.78 is 4.55. The Morgan fingerprint density at radius 3 is 2.76 bits per heavy atom. The van der Waals surface area contributed by atoms with Crippen molar-refractivity contribution in [2.24, 2.45) is 0 Å². The quantitative estimate of drug-likeness (QED) is 0.796. The van der Waals surface area contributed by atoms with Gasteiger partial charge in [-0.1, -0.05) is 11.6 Å². The summed E-state index contributed by atoms with van der Waals surface area (Å²) in [5, 5.41) is 15.4. The molecule has 0 bridgehead atoms. The number of H-pyrrole nitrogens is 1. The Bertz CT molecular complexity index is 620. The number of halogens is 1. The van der Waals surface area contributed by atoms with Crippen molar-refractivity contribution >= 4 is 34.4 Å². The minimum Gasteiger partial charge on any atom is -0.476 e. The zero-order chi connectivity index (χ0) is 12.6. The van der Waals surface area contributed by atoms with Crippen molar-refractivity contribution in [3.05, 3.63) is 28.4 Å². The second kappa shape index (κ2) is 4.06. The number of methoxy groups -OCH3 is 1. The number of aromatic amines is 1. The maximum atomic E-state index is 11.3. The zero-order valence-electron chi connectivity index (χ0n) is 8.65. The molecule has 2 rings (SSSR count). The second-order valence-electron chi connectivity index (χ2n) is 3.25. The molecule has 0 aliphatic heterocycles. The van der Waals surface area contributed by atoms with Crippen molar-refractivity contribution in [1.82, 2.24) is 10.2 Å². The molecule has 88 valence electrons. The molecule has 0 spiro atoms. The number of rotatable bonds is 2. The number of fused-ring (bicyclic) bond motifs is 1. The average molecular weight is 255 g/mol. The fourth-order valence-electron chi connectivity index (χ4n) is 1.50. The summed E-state index contributed by atoms with van der Waals surface area (Å²) in [4.78, 5) is 22.2. The van der Waals surface area contributed by atoms with Crippen LogP contribution in [0.1, 0.15) is 20.8 Å². The average Bonchev–Trinajstić information content (AvgIpc) is 2.72. The summed E-state index contributed by atoms with van der Waals surface area (Å²) >= 11 is 5.92. The molecular formula is C10H7ClN2O4. The number of nitrogens with zero attached hydrogens (tertiary/aromatic N) is 1. The van der Waals surface area contributed by atoms with E-state index in [1.807, 2.05) is 0 Å². The molecule has 0 aliphatic carbocycles. The molecule has 17 heavy (non-hydrogen) atoms. The topological polar surface area (TPSA) is 92.3 Å². The Labute approximate surface area is 100 Å². The predicted octanol–water partition coefficient (Wildman–Crippen LogP) is 1.70. The van der Waals surface area contributed by atoms with E-state index in [2.05, 4.69) is 14.9 Å². The highest BCUT2D eigenvalue weighted by Gasteiger charge is 2.18. The molecular weight excluding hydrogens is 248 g/mol. The number of benzene rings is 1. The van der Waals surface area contributed by atoms with Crippen LogP contribution in [0.15, 0.2) is 12.1 Å². The van der Waals surface area contributed by atoms with Crippen molar-refractivity contribution in [3.8, 4) is 0 Å². The smallest absolute Gasteiger partial charge is 0.357 e. The highest BCUT2D eigenvalue weighted by molar-refractivity contribution is 6.37. The number of carboxylic acids is 1. The van der Waals surface area contributed by atoms with Crippen LogP contribution in [0.2, 0.25) is 5.02 Å². The fraction of sp³-hybridized carbons (Fsp3) is 0.100. The number of aromatic nitrogens is 2. The van der Waals surface area contributed by atoms with Crippen LogP contribution in [0.5, 0.6) is 0 Å². The lowest BCUT2D eigenvalue weighted by Gasteiger charge is -2.01. The van der Waals surface area contributed by atoms with E-state index < -0.39 is 11.9 Å². The van der Waals surface area contributed by atoms with Crippen LogP contribution in [0.25, 0.3) is 10.9 Å². The number of aromatic carboxylic acids is 1. The lowest BCUT2D eigenvalue weighted by molar-refractivity contribution is 0.0600. The standard InChI is InChI=1S/C10H7ClN2O4/c1-17-10(16)4-2-5(11)7-6(3-4)12-13-8(7)9(14)15/h2-3H,1H3,(H,12,13)(H,14,15). The Morgan fingerprint density at radius 1 is 1.47 bits per heavy atom. The summed E-state index contributed by atoms with van der Waals surface area (Å²) in [6.07, 6.45) is 0. The van der Waals surface area contributed by atoms with Gasteiger partial charge in [-0.05, 0) is 12.1 Å². The van der Waals surface area contributed by atoms with E-state index in [1.165, 1.54) is 19.2 Å². The zero-order valence-corrected chi connectivity index (χ0v) is 9.41. The van der Waals surface area contributed by atoms with Gasteiger partial charge in [-0.25, -0.2) is 9.59 Å². The van der Waals surface area contributed by atoms with Gasteiger partial charge in [0.2, 0.25) is 0 Å². The Kier molecular flexibility index (Phi) is 2.72. The molecule has 0 atom stereocenters. The molecule has 0 amide bonds. The monoisotopic (exact) mass is 254 g/mol. The van der Waals surface area contributed by atoms with Gasteiger partial charge in [0.1, 0.15) is 0 Å². The molecule has 0 radical (unpaired) electrons. The van der Waals surface area contributed by atoms with Crippen molar-refractivity contribution < 1.29 is 19.4 Å². The van der Waals surface area contributed by atoms with Crippen molar-refractivity contribution in [3.63, 3.8) is 0 Å². The van der Waals surface area contributed by atoms with Gasteiger partial charge in [0, 0.05) is 0 Å². The Balaban J connectivity index is 2.69. The normalized spacial score (nSPS) is 10.5. The van der Waals surface area contributed by atoms with E-state index >= 15 is 0 Å². The maximum absolute atomic E-state index is 11.3. The largest absolute Gasteiger partial charge is 0.476 e. The maximum Gasteiger partial charge on any atom is 0.357 e. The van der Waals surface area contributed by atoms with Gasteiger partial charge in [-0.15, -0.1) is 0 Å². The first-order valence-electron chi connectivity index (χ1n) is 4.54. The summed E-state index contributed by atoms with van der Waals surface area (Å²) in [5.74, 6) is -1.75. The first-order valence-corrected chi connectivity index (χ1v) is 4.91. The number of carbonyl (C=O) groups excluding carboxylic acids is 1. The fourth-order valence-corrected chi connectivity index (χ4v) is 1.81. The van der Waals surface area contributed by atoms with Gasteiger partial charge in [-0.2, -0.15) is 5.10 Å². The van der Waals surface area contributed by atoms with E-state index in [0.29, 0.717) is 5.52 Å². The summed E-state index contributed by atoms with van der Waals surface area (Å²) in [6.45, 7) is 0. The molecule has 2 N–H and O–H groups in total. The highest BCUT2D eigenvalue weighted by atomic mass is 35.5. The molecule has 0 unspecified atom stereocenters. The number of nitrogens with one attached hydrogen (secondary N) is 1. The van der Waals surface area contributed by atoms with Crippen LogP contribution in [0, 0.1) is 0 Å². The molecule has 0 saturated heterocycles. The number of ether oxygens (including phenoxy) is 1. The number of esters is 1. The first kappa shape index (κ1) is 11.4. The Morgan fingerprint density at radius 2 is 2.18 bits per heavy atom. The lowest BCUT2D eigenvalue weighted by atomic mass is 10.1. The summed E-state index contributed by atoms with van der Waals surface area (Å²) in [6, 6.07) is 2.78. The molecule has 1 aromatic heterocycles. The van der Waals surface area contributed by atoms with Crippen LogP contribution in [-0.4, -0.2) is 34.4 Å². The molecule has 0 saturated carbocycles. The third-order valence-corrected chi connectivity index (χ3v) is 2.54. The van der Waals surface area contributed by atoms with Crippen molar-refractivity contribution in [2.45, 2.75) is 0 Å². The van der Waals surface area contributed by atoms with Gasteiger partial charge < -0.3 is 9.84 Å². The lowest BCUT2D eigenvalue weighted by Crippen LogP contribution is -2.01. The van der Waals surface area contributed by atoms with E-state index in [9.17, 15) is 9.59 Å². The number of carbonyl (C=O) groups is 2.